The van der Waals surface area contributed by atoms with Gasteiger partial charge >= 0.3 is 0 Å². The Hall–Kier alpha value is -1.89. The predicted octanol–water partition coefficient (Wildman–Crippen LogP) is 1.42. The van der Waals surface area contributed by atoms with Gasteiger partial charge in [0.05, 0.1) is 5.41 Å². The average molecular weight is 350 g/mol. The largest absolute Gasteiger partial charge is 0.341 e. The van der Waals surface area contributed by atoms with Crippen molar-refractivity contribution < 1.29 is 18.8 Å². The van der Waals surface area contributed by atoms with Crippen LogP contribution in [0.2, 0.25) is 0 Å². The minimum Gasteiger partial charge on any atom is -0.341 e. The van der Waals surface area contributed by atoms with Crippen molar-refractivity contribution in [1.82, 2.24) is 9.80 Å². The Morgan fingerprint density at radius 2 is 1.92 bits per heavy atom. The molecule has 2 aliphatic rings. The first-order chi connectivity index (χ1) is 11.5. The van der Waals surface area contributed by atoms with Crippen LogP contribution in [0.5, 0.6) is 0 Å². The molecule has 0 spiro atoms. The van der Waals surface area contributed by atoms with Gasteiger partial charge in [-0.2, -0.15) is 11.8 Å². The molecule has 1 aromatic rings. The Kier molecular flexibility index (Phi) is 4.62. The Balaban J connectivity index is 1.97. The number of halogens is 1. The van der Waals surface area contributed by atoms with Gasteiger partial charge < -0.3 is 4.90 Å². The number of benzene rings is 1. The smallest absolute Gasteiger partial charge is 0.240 e. The maximum atomic E-state index is 14.4. The third-order valence-electron chi connectivity index (χ3n) is 4.75. The van der Waals surface area contributed by atoms with Gasteiger partial charge in [-0.05, 0) is 6.07 Å². The molecule has 2 aliphatic heterocycles. The van der Waals surface area contributed by atoms with Gasteiger partial charge in [-0.25, -0.2) is 4.39 Å². The molecule has 5 nitrogen and oxygen atoms in total. The Bertz CT molecular complexity index is 690. The van der Waals surface area contributed by atoms with Crippen LogP contribution in [0.25, 0.3) is 0 Å². The van der Waals surface area contributed by atoms with Crippen LogP contribution in [0.4, 0.5) is 4.39 Å². The zero-order valence-corrected chi connectivity index (χ0v) is 14.3. The second kappa shape index (κ2) is 6.55. The first kappa shape index (κ1) is 17.0. The molecule has 128 valence electrons. The summed E-state index contributed by atoms with van der Waals surface area (Å²) in [7, 11) is 1.38. The quantitative estimate of drug-likeness (QED) is 0.774. The summed E-state index contributed by atoms with van der Waals surface area (Å²) in [5.74, 6) is 0.0599. The molecule has 0 aromatic heterocycles. The van der Waals surface area contributed by atoms with Crippen molar-refractivity contribution >= 4 is 29.5 Å². The third kappa shape index (κ3) is 2.81. The van der Waals surface area contributed by atoms with E-state index in [0.717, 1.165) is 16.4 Å². The summed E-state index contributed by atoms with van der Waals surface area (Å²) in [5.41, 5.74) is -1.30. The van der Waals surface area contributed by atoms with Crippen LogP contribution in [0, 0.1) is 5.82 Å². The van der Waals surface area contributed by atoms with Gasteiger partial charge in [-0.15, -0.1) is 0 Å². The highest BCUT2D eigenvalue weighted by Gasteiger charge is 2.54. The summed E-state index contributed by atoms with van der Waals surface area (Å²) in [6, 6.07) is 5.91. The van der Waals surface area contributed by atoms with Crippen LogP contribution in [0.1, 0.15) is 18.4 Å². The maximum Gasteiger partial charge on any atom is 0.240 e. The molecule has 1 atom stereocenters. The fourth-order valence-corrected chi connectivity index (χ4v) is 4.27. The minimum atomic E-state index is -1.43. The lowest BCUT2D eigenvalue weighted by atomic mass is 9.75. The fourth-order valence-electron chi connectivity index (χ4n) is 3.36. The number of imide groups is 1. The topological polar surface area (TPSA) is 57.7 Å². The zero-order chi connectivity index (χ0) is 17.3. The highest BCUT2D eigenvalue weighted by Crippen LogP contribution is 2.41. The molecule has 2 saturated heterocycles. The molecule has 24 heavy (non-hydrogen) atoms. The van der Waals surface area contributed by atoms with E-state index in [4.69, 9.17) is 0 Å². The third-order valence-corrected chi connectivity index (χ3v) is 5.69. The predicted molar refractivity (Wildman–Crippen MR) is 89.0 cm³/mol. The molecule has 0 aliphatic carbocycles. The monoisotopic (exact) mass is 350 g/mol. The molecule has 0 saturated carbocycles. The van der Waals surface area contributed by atoms with Gasteiger partial charge in [0, 0.05) is 50.0 Å². The number of carbonyl (C=O) groups is 3. The minimum absolute atomic E-state index is 0.132. The van der Waals surface area contributed by atoms with Crippen LogP contribution < -0.4 is 0 Å². The molecule has 2 heterocycles. The Labute approximate surface area is 144 Å². The standard InChI is InChI=1S/C17H19FN2O3S/c1-19-14(21)10-17(16(19)23,12-4-2-3-5-13(12)18)11-15(22)20-6-8-24-9-7-20/h2-5H,6-11H2,1H3. The van der Waals surface area contributed by atoms with E-state index in [2.05, 4.69) is 0 Å². The first-order valence-electron chi connectivity index (χ1n) is 7.87. The van der Waals surface area contributed by atoms with E-state index in [0.29, 0.717) is 13.1 Å². The molecule has 3 amide bonds. The first-order valence-corrected chi connectivity index (χ1v) is 9.03. The summed E-state index contributed by atoms with van der Waals surface area (Å²) in [5, 5.41) is 0. The molecule has 0 radical (unpaired) electrons. The van der Waals surface area contributed by atoms with E-state index in [1.807, 2.05) is 0 Å². The molecule has 1 unspecified atom stereocenters. The zero-order valence-electron chi connectivity index (χ0n) is 13.5. The van der Waals surface area contributed by atoms with Crippen LogP contribution in [-0.2, 0) is 19.8 Å². The molecule has 3 rings (SSSR count). The van der Waals surface area contributed by atoms with E-state index < -0.39 is 17.1 Å². The van der Waals surface area contributed by atoms with Crippen molar-refractivity contribution in [2.24, 2.45) is 0 Å². The maximum absolute atomic E-state index is 14.4. The van der Waals surface area contributed by atoms with Crippen molar-refractivity contribution in [2.75, 3.05) is 31.6 Å². The van der Waals surface area contributed by atoms with Crippen LogP contribution in [-0.4, -0.2) is 59.2 Å². The second-order valence-corrected chi connectivity index (χ2v) is 7.39. The fraction of sp³-hybridized carbons (Fsp3) is 0.471. The molecular formula is C17H19FN2O3S. The van der Waals surface area contributed by atoms with E-state index in [-0.39, 0.29) is 30.2 Å². The van der Waals surface area contributed by atoms with E-state index >= 15 is 0 Å². The number of carbonyl (C=O) groups excluding carboxylic acids is 3. The number of amides is 3. The highest BCUT2D eigenvalue weighted by molar-refractivity contribution is 7.99. The van der Waals surface area contributed by atoms with Crippen molar-refractivity contribution in [3.05, 3.63) is 35.6 Å². The van der Waals surface area contributed by atoms with E-state index in [9.17, 15) is 18.8 Å². The van der Waals surface area contributed by atoms with Crippen LogP contribution >= 0.6 is 11.8 Å². The number of thioether (sulfide) groups is 1. The van der Waals surface area contributed by atoms with Crippen LogP contribution in [0.15, 0.2) is 24.3 Å². The summed E-state index contributed by atoms with van der Waals surface area (Å²) >= 11 is 1.77. The lowest BCUT2D eigenvalue weighted by molar-refractivity contribution is -0.141. The van der Waals surface area contributed by atoms with E-state index in [1.54, 1.807) is 22.7 Å². The Morgan fingerprint density at radius 1 is 1.25 bits per heavy atom. The number of likely N-dealkylation sites (tertiary alicyclic amines) is 1. The van der Waals surface area contributed by atoms with Crippen LogP contribution in [0.3, 0.4) is 0 Å². The number of nitrogens with zero attached hydrogens (tertiary/aromatic N) is 2. The Morgan fingerprint density at radius 3 is 2.50 bits per heavy atom. The molecule has 1 aromatic carbocycles. The highest BCUT2D eigenvalue weighted by atomic mass is 32.2. The van der Waals surface area contributed by atoms with Gasteiger partial charge in [0.1, 0.15) is 5.82 Å². The lowest BCUT2D eigenvalue weighted by Gasteiger charge is -2.32. The normalized spacial score (nSPS) is 24.6. The van der Waals surface area contributed by atoms with Gasteiger partial charge in [0.25, 0.3) is 0 Å². The molecular weight excluding hydrogens is 331 g/mol. The summed E-state index contributed by atoms with van der Waals surface area (Å²) in [6.45, 7) is 1.24. The number of hydrogen-bond acceptors (Lipinski definition) is 4. The van der Waals surface area contributed by atoms with Crippen molar-refractivity contribution in [1.29, 1.82) is 0 Å². The number of hydrogen-bond donors (Lipinski definition) is 0. The summed E-state index contributed by atoms with van der Waals surface area (Å²) in [4.78, 5) is 40.3. The van der Waals surface area contributed by atoms with E-state index in [1.165, 1.54) is 25.2 Å². The average Bonchev–Trinajstić information content (AvgIpc) is 2.80. The molecule has 7 heteroatoms. The molecule has 2 fully saturated rings. The van der Waals surface area contributed by atoms with Gasteiger partial charge in [-0.3, -0.25) is 19.3 Å². The molecule has 0 bridgehead atoms. The second-order valence-electron chi connectivity index (χ2n) is 6.17. The number of likely N-dealkylation sites (N-methyl/N-ethyl adjacent to an activating group) is 1. The summed E-state index contributed by atoms with van der Waals surface area (Å²) in [6.07, 6.45) is -0.342. The van der Waals surface area contributed by atoms with Gasteiger partial charge in [0.15, 0.2) is 0 Å². The number of rotatable bonds is 3. The van der Waals surface area contributed by atoms with Gasteiger partial charge in [0.2, 0.25) is 17.7 Å². The van der Waals surface area contributed by atoms with Crippen molar-refractivity contribution in [3.63, 3.8) is 0 Å². The van der Waals surface area contributed by atoms with Gasteiger partial charge in [-0.1, -0.05) is 18.2 Å². The van der Waals surface area contributed by atoms with Crippen molar-refractivity contribution in [3.8, 4) is 0 Å². The van der Waals surface area contributed by atoms with Crippen molar-refractivity contribution in [2.45, 2.75) is 18.3 Å². The lowest BCUT2D eigenvalue weighted by Crippen LogP contribution is -2.45. The summed E-state index contributed by atoms with van der Waals surface area (Å²) < 4.78 is 14.4. The molecule has 0 N–H and O–H groups in total. The SMILES string of the molecule is CN1C(=O)CC(CC(=O)N2CCSCC2)(c2ccccc2F)C1=O.